The van der Waals surface area contributed by atoms with Gasteiger partial charge in [-0.2, -0.15) is 5.26 Å². The number of benzene rings is 1. The zero-order valence-corrected chi connectivity index (χ0v) is 11.6. The Morgan fingerprint density at radius 1 is 1.40 bits per heavy atom. The van der Waals surface area contributed by atoms with Crippen molar-refractivity contribution < 1.29 is 9.90 Å². The highest BCUT2D eigenvalue weighted by atomic mass is 16.3. The third-order valence-corrected chi connectivity index (χ3v) is 3.60. The van der Waals surface area contributed by atoms with Crippen LogP contribution in [0.4, 0.5) is 5.69 Å². The first kappa shape index (κ1) is 14.5. The number of carbonyl (C=O) groups is 1. The smallest absolute Gasteiger partial charge is 0.238 e. The van der Waals surface area contributed by atoms with Crippen LogP contribution < -0.4 is 5.32 Å². The summed E-state index contributed by atoms with van der Waals surface area (Å²) >= 11 is 0. The van der Waals surface area contributed by atoms with Crippen LogP contribution in [0.5, 0.6) is 0 Å². The molecule has 1 heterocycles. The van der Waals surface area contributed by atoms with E-state index in [1.54, 1.807) is 24.3 Å². The molecule has 1 saturated heterocycles. The van der Waals surface area contributed by atoms with Gasteiger partial charge in [-0.25, -0.2) is 0 Å². The van der Waals surface area contributed by atoms with Crippen molar-refractivity contribution in [2.75, 3.05) is 25.0 Å². The number of amides is 1. The lowest BCUT2D eigenvalue weighted by atomic mass is 9.94. The van der Waals surface area contributed by atoms with Crippen molar-refractivity contribution in [2.24, 2.45) is 0 Å². The Morgan fingerprint density at radius 2 is 2.00 bits per heavy atom. The summed E-state index contributed by atoms with van der Waals surface area (Å²) in [6, 6.07) is 8.82. The van der Waals surface area contributed by atoms with Gasteiger partial charge in [-0.1, -0.05) is 0 Å². The van der Waals surface area contributed by atoms with Gasteiger partial charge < -0.3 is 10.4 Å². The van der Waals surface area contributed by atoms with Gasteiger partial charge in [0.1, 0.15) is 0 Å². The maximum atomic E-state index is 11.9. The van der Waals surface area contributed by atoms with Gasteiger partial charge in [-0.05, 0) is 44.0 Å². The molecule has 1 aromatic carbocycles. The van der Waals surface area contributed by atoms with Crippen LogP contribution in [0.1, 0.15) is 25.3 Å². The van der Waals surface area contributed by atoms with Gasteiger partial charge in [0.05, 0.1) is 23.8 Å². The number of likely N-dealkylation sites (tertiary alicyclic amines) is 1. The second-order valence-corrected chi connectivity index (χ2v) is 5.51. The molecule has 0 spiro atoms. The Kier molecular flexibility index (Phi) is 4.38. The number of nitrogens with one attached hydrogen (secondary N) is 1. The summed E-state index contributed by atoms with van der Waals surface area (Å²) in [6.07, 6.45) is 1.38. The summed E-state index contributed by atoms with van der Waals surface area (Å²) in [7, 11) is 0. The summed E-state index contributed by atoms with van der Waals surface area (Å²) in [5, 5.41) is 21.4. The number of piperidine rings is 1. The summed E-state index contributed by atoms with van der Waals surface area (Å²) in [6.45, 7) is 3.62. The zero-order chi connectivity index (χ0) is 14.6. The molecule has 1 aliphatic rings. The Labute approximate surface area is 118 Å². The molecule has 0 saturated carbocycles. The van der Waals surface area contributed by atoms with E-state index in [0.717, 1.165) is 13.1 Å². The van der Waals surface area contributed by atoms with Crippen molar-refractivity contribution in [2.45, 2.75) is 25.4 Å². The normalized spacial score (nSPS) is 18.2. The van der Waals surface area contributed by atoms with E-state index in [4.69, 9.17) is 5.26 Å². The fourth-order valence-electron chi connectivity index (χ4n) is 2.22. The van der Waals surface area contributed by atoms with Crippen LogP contribution in [0.15, 0.2) is 24.3 Å². The fourth-order valence-corrected chi connectivity index (χ4v) is 2.22. The van der Waals surface area contributed by atoms with Gasteiger partial charge >= 0.3 is 0 Å². The highest BCUT2D eigenvalue weighted by Gasteiger charge is 2.27. The monoisotopic (exact) mass is 273 g/mol. The zero-order valence-electron chi connectivity index (χ0n) is 11.6. The van der Waals surface area contributed by atoms with Crippen LogP contribution >= 0.6 is 0 Å². The van der Waals surface area contributed by atoms with Gasteiger partial charge in [0.25, 0.3) is 0 Å². The Morgan fingerprint density at radius 3 is 2.55 bits per heavy atom. The number of nitrogens with zero attached hydrogens (tertiary/aromatic N) is 2. The molecule has 0 bridgehead atoms. The first-order valence-corrected chi connectivity index (χ1v) is 6.73. The molecule has 20 heavy (non-hydrogen) atoms. The number of nitriles is 1. The first-order valence-electron chi connectivity index (χ1n) is 6.73. The van der Waals surface area contributed by atoms with Crippen molar-refractivity contribution in [1.29, 1.82) is 5.26 Å². The van der Waals surface area contributed by atoms with E-state index in [-0.39, 0.29) is 5.91 Å². The molecule has 1 aromatic rings. The molecule has 2 rings (SSSR count). The topological polar surface area (TPSA) is 76.4 Å². The SMILES string of the molecule is CC1(O)CCN(CC(=O)Nc2ccc(C#N)cc2)CC1. The van der Waals surface area contributed by atoms with Crippen molar-refractivity contribution in [3.63, 3.8) is 0 Å². The van der Waals surface area contributed by atoms with E-state index < -0.39 is 5.60 Å². The van der Waals surface area contributed by atoms with Gasteiger partial charge in [0.15, 0.2) is 0 Å². The van der Waals surface area contributed by atoms with E-state index in [9.17, 15) is 9.90 Å². The number of aliphatic hydroxyl groups is 1. The predicted octanol–water partition coefficient (Wildman–Crippen LogP) is 1.34. The van der Waals surface area contributed by atoms with E-state index in [1.807, 2.05) is 17.9 Å². The molecule has 0 aliphatic carbocycles. The largest absolute Gasteiger partial charge is 0.390 e. The number of anilines is 1. The quantitative estimate of drug-likeness (QED) is 0.871. The van der Waals surface area contributed by atoms with Crippen LogP contribution in [0.3, 0.4) is 0 Å². The fraction of sp³-hybridized carbons (Fsp3) is 0.467. The summed E-state index contributed by atoms with van der Waals surface area (Å²) in [5.41, 5.74) is 0.666. The van der Waals surface area contributed by atoms with Crippen LogP contribution in [-0.2, 0) is 4.79 Å². The molecule has 0 aromatic heterocycles. The maximum Gasteiger partial charge on any atom is 0.238 e. The molecule has 5 nitrogen and oxygen atoms in total. The lowest BCUT2D eigenvalue weighted by molar-refractivity contribution is -0.118. The highest BCUT2D eigenvalue weighted by molar-refractivity contribution is 5.92. The summed E-state index contributed by atoms with van der Waals surface area (Å²) in [4.78, 5) is 14.0. The number of rotatable bonds is 3. The minimum atomic E-state index is -0.597. The van der Waals surface area contributed by atoms with Gasteiger partial charge in [-0.3, -0.25) is 9.69 Å². The molecular formula is C15H19N3O2. The number of carbonyl (C=O) groups excluding carboxylic acids is 1. The van der Waals surface area contributed by atoms with Gasteiger partial charge in [0.2, 0.25) is 5.91 Å². The minimum Gasteiger partial charge on any atom is -0.390 e. The lowest BCUT2D eigenvalue weighted by Crippen LogP contribution is -2.45. The molecule has 1 aliphatic heterocycles. The van der Waals surface area contributed by atoms with Crippen molar-refractivity contribution >= 4 is 11.6 Å². The average Bonchev–Trinajstić information content (AvgIpc) is 2.42. The van der Waals surface area contributed by atoms with E-state index in [1.165, 1.54) is 0 Å². The van der Waals surface area contributed by atoms with Crippen LogP contribution in [0.25, 0.3) is 0 Å². The summed E-state index contributed by atoms with van der Waals surface area (Å²) < 4.78 is 0. The van der Waals surface area contributed by atoms with E-state index in [0.29, 0.717) is 30.6 Å². The van der Waals surface area contributed by atoms with E-state index in [2.05, 4.69) is 5.32 Å². The number of hydrogen-bond donors (Lipinski definition) is 2. The minimum absolute atomic E-state index is 0.0729. The second-order valence-electron chi connectivity index (χ2n) is 5.51. The predicted molar refractivity (Wildman–Crippen MR) is 76.1 cm³/mol. The molecule has 1 fully saturated rings. The molecule has 0 atom stereocenters. The molecule has 2 N–H and O–H groups in total. The lowest BCUT2D eigenvalue weighted by Gasteiger charge is -2.35. The number of hydrogen-bond acceptors (Lipinski definition) is 4. The maximum absolute atomic E-state index is 11.9. The molecule has 1 amide bonds. The van der Waals surface area contributed by atoms with Crippen LogP contribution in [-0.4, -0.2) is 41.1 Å². The van der Waals surface area contributed by atoms with Crippen molar-refractivity contribution in [1.82, 2.24) is 4.90 Å². The Bertz CT molecular complexity index is 507. The standard InChI is InChI=1S/C15H19N3O2/c1-15(20)6-8-18(9-7-15)11-14(19)17-13-4-2-12(10-16)3-5-13/h2-5,20H,6-9,11H2,1H3,(H,17,19). The van der Waals surface area contributed by atoms with Crippen molar-refractivity contribution in [3.05, 3.63) is 29.8 Å². The third kappa shape index (κ3) is 4.05. The second kappa shape index (κ2) is 6.04. The van der Waals surface area contributed by atoms with Crippen LogP contribution in [0.2, 0.25) is 0 Å². The van der Waals surface area contributed by atoms with Crippen molar-refractivity contribution in [3.8, 4) is 6.07 Å². The first-order chi connectivity index (χ1) is 9.48. The molecular weight excluding hydrogens is 254 g/mol. The summed E-state index contributed by atoms with van der Waals surface area (Å²) in [5.74, 6) is -0.0729. The van der Waals surface area contributed by atoms with Gasteiger partial charge in [-0.15, -0.1) is 0 Å². The molecule has 5 heteroatoms. The third-order valence-electron chi connectivity index (χ3n) is 3.60. The van der Waals surface area contributed by atoms with Gasteiger partial charge in [0, 0.05) is 18.8 Å². The molecule has 0 radical (unpaired) electrons. The van der Waals surface area contributed by atoms with E-state index >= 15 is 0 Å². The van der Waals surface area contributed by atoms with Crippen LogP contribution in [0, 0.1) is 11.3 Å². The molecule has 106 valence electrons. The molecule has 0 unspecified atom stereocenters. The average molecular weight is 273 g/mol. The Balaban J connectivity index is 1.82. The highest BCUT2D eigenvalue weighted by Crippen LogP contribution is 2.20. The Hall–Kier alpha value is -1.90.